The van der Waals surface area contributed by atoms with Crippen molar-refractivity contribution in [3.63, 3.8) is 0 Å². The molecular formula is C20H26N2O3. The highest BCUT2D eigenvalue weighted by Gasteiger charge is 2.12. The van der Waals surface area contributed by atoms with Gasteiger partial charge in [0, 0.05) is 18.0 Å². The van der Waals surface area contributed by atoms with E-state index in [4.69, 9.17) is 9.47 Å². The molecule has 1 aromatic carbocycles. The topological polar surface area (TPSA) is 61.3 Å². The average molecular weight is 342 g/mol. The van der Waals surface area contributed by atoms with Gasteiger partial charge in [0.2, 0.25) is 0 Å². The summed E-state index contributed by atoms with van der Waals surface area (Å²) in [6.45, 7) is 6.53. The van der Waals surface area contributed by atoms with Gasteiger partial charge in [0.1, 0.15) is 0 Å². The van der Waals surface area contributed by atoms with E-state index in [1.165, 1.54) is 0 Å². The number of esters is 1. The summed E-state index contributed by atoms with van der Waals surface area (Å²) in [6, 6.07) is 7.10. The number of carbonyl (C=O) groups excluding carboxylic acids is 1. The van der Waals surface area contributed by atoms with E-state index in [2.05, 4.69) is 23.8 Å². The molecule has 0 amide bonds. The summed E-state index contributed by atoms with van der Waals surface area (Å²) >= 11 is 0. The van der Waals surface area contributed by atoms with E-state index in [9.17, 15) is 4.79 Å². The maximum atomic E-state index is 12.1. The third-order valence-electron chi connectivity index (χ3n) is 3.75. The molecule has 1 unspecified atom stereocenters. The third kappa shape index (κ3) is 5.94. The minimum Gasteiger partial charge on any atom is -0.432 e. The number of hydrogen-bond donors (Lipinski definition) is 0. The van der Waals surface area contributed by atoms with Crippen molar-refractivity contribution >= 4 is 5.97 Å². The molecule has 1 aromatic heterocycles. The number of nitrogens with zero attached hydrogens (tertiary/aromatic N) is 2. The van der Waals surface area contributed by atoms with Gasteiger partial charge in [-0.2, -0.15) is 0 Å². The van der Waals surface area contributed by atoms with E-state index < -0.39 is 12.3 Å². The first-order valence-electron chi connectivity index (χ1n) is 8.88. The fraction of sp³-hybridized carbons (Fsp3) is 0.450. The number of aryl methyl sites for hydroxylation is 1. The number of aromatic nitrogens is 2. The smallest absolute Gasteiger partial charge is 0.340 e. The number of ether oxygens (including phenoxy) is 2. The lowest BCUT2D eigenvalue weighted by atomic mass is 10.1. The standard InChI is InChI=1S/C20H26N2O3/c1-4-6-12-24-15(3)25-20(23)18-10-8-17(9-11-18)19-21-13-16(7-5-2)14-22-19/h8-11,13-15H,4-7,12H2,1-3H3. The molecule has 5 heteroatoms. The van der Waals surface area contributed by atoms with E-state index in [1.54, 1.807) is 19.1 Å². The summed E-state index contributed by atoms with van der Waals surface area (Å²) in [6.07, 6.45) is 7.20. The molecule has 0 aliphatic rings. The van der Waals surface area contributed by atoms with Crippen LogP contribution in [0, 0.1) is 0 Å². The molecule has 0 aliphatic carbocycles. The van der Waals surface area contributed by atoms with Gasteiger partial charge < -0.3 is 9.47 Å². The van der Waals surface area contributed by atoms with E-state index in [1.807, 2.05) is 24.5 Å². The second-order valence-electron chi connectivity index (χ2n) is 5.94. The zero-order valence-corrected chi connectivity index (χ0v) is 15.2. The summed E-state index contributed by atoms with van der Waals surface area (Å²) in [5.41, 5.74) is 2.48. The average Bonchev–Trinajstić information content (AvgIpc) is 2.63. The predicted molar refractivity (Wildman–Crippen MR) is 97.2 cm³/mol. The van der Waals surface area contributed by atoms with Gasteiger partial charge in [0.05, 0.1) is 12.2 Å². The number of hydrogen-bond acceptors (Lipinski definition) is 5. The number of rotatable bonds is 9. The summed E-state index contributed by atoms with van der Waals surface area (Å²) in [7, 11) is 0. The van der Waals surface area contributed by atoms with Crippen molar-refractivity contribution in [1.82, 2.24) is 9.97 Å². The Bertz CT molecular complexity index is 654. The molecule has 0 bridgehead atoms. The third-order valence-corrected chi connectivity index (χ3v) is 3.75. The molecule has 1 atom stereocenters. The first-order valence-corrected chi connectivity index (χ1v) is 8.88. The first-order chi connectivity index (χ1) is 12.1. The van der Waals surface area contributed by atoms with Crippen LogP contribution in [-0.2, 0) is 15.9 Å². The van der Waals surface area contributed by atoms with Gasteiger partial charge in [-0.1, -0.05) is 38.8 Å². The molecule has 0 radical (unpaired) electrons. The lowest BCUT2D eigenvalue weighted by Gasteiger charge is -2.14. The Kier molecular flexibility index (Phi) is 7.54. The Hall–Kier alpha value is -2.27. The van der Waals surface area contributed by atoms with Gasteiger partial charge >= 0.3 is 5.97 Å². The number of carbonyl (C=O) groups is 1. The molecule has 0 saturated carbocycles. The fourth-order valence-electron chi connectivity index (χ4n) is 2.32. The van der Waals surface area contributed by atoms with Gasteiger partial charge in [-0.3, -0.25) is 0 Å². The van der Waals surface area contributed by atoms with Gasteiger partial charge in [0.15, 0.2) is 12.1 Å². The van der Waals surface area contributed by atoms with Crippen molar-refractivity contribution < 1.29 is 14.3 Å². The van der Waals surface area contributed by atoms with Crippen LogP contribution < -0.4 is 0 Å². The van der Waals surface area contributed by atoms with Crippen LogP contribution in [0.1, 0.15) is 56.0 Å². The summed E-state index contributed by atoms with van der Waals surface area (Å²) < 4.78 is 10.7. The molecule has 25 heavy (non-hydrogen) atoms. The van der Waals surface area contributed by atoms with Crippen molar-refractivity contribution in [3.05, 3.63) is 47.8 Å². The van der Waals surface area contributed by atoms with Crippen molar-refractivity contribution in [2.75, 3.05) is 6.61 Å². The van der Waals surface area contributed by atoms with E-state index >= 15 is 0 Å². The Labute approximate surface area is 149 Å². The highest BCUT2D eigenvalue weighted by atomic mass is 16.7. The van der Waals surface area contributed by atoms with Crippen LogP contribution >= 0.6 is 0 Å². The monoisotopic (exact) mass is 342 g/mol. The Balaban J connectivity index is 1.95. The minimum absolute atomic E-state index is 0.394. The Morgan fingerprint density at radius 2 is 1.76 bits per heavy atom. The van der Waals surface area contributed by atoms with Crippen molar-refractivity contribution in [1.29, 1.82) is 0 Å². The normalized spacial score (nSPS) is 12.0. The minimum atomic E-state index is -0.548. The lowest BCUT2D eigenvalue weighted by Crippen LogP contribution is -2.18. The molecule has 0 saturated heterocycles. The SMILES string of the molecule is CCCCOC(C)OC(=O)c1ccc(-c2ncc(CCC)cn2)cc1. The predicted octanol–water partition coefficient (Wildman–Crippen LogP) is 4.42. The van der Waals surface area contributed by atoms with Crippen LogP contribution in [0.25, 0.3) is 11.4 Å². The van der Waals surface area contributed by atoms with Crippen molar-refractivity contribution in [2.24, 2.45) is 0 Å². The molecule has 134 valence electrons. The summed E-state index contributed by atoms with van der Waals surface area (Å²) in [4.78, 5) is 20.9. The second kappa shape index (κ2) is 9.89. The summed E-state index contributed by atoms with van der Waals surface area (Å²) in [5, 5.41) is 0. The lowest BCUT2D eigenvalue weighted by molar-refractivity contribution is -0.0985. The first kappa shape index (κ1) is 19.1. The maximum absolute atomic E-state index is 12.1. The molecular weight excluding hydrogens is 316 g/mol. The van der Waals surface area contributed by atoms with E-state index in [0.29, 0.717) is 18.0 Å². The van der Waals surface area contributed by atoms with Gasteiger partial charge in [-0.05, 0) is 37.5 Å². The van der Waals surface area contributed by atoms with Crippen LogP contribution in [0.4, 0.5) is 0 Å². The van der Waals surface area contributed by atoms with Crippen LogP contribution in [0.2, 0.25) is 0 Å². The van der Waals surface area contributed by atoms with Crippen molar-refractivity contribution in [2.45, 2.75) is 52.7 Å². The molecule has 0 aliphatic heterocycles. The maximum Gasteiger partial charge on any atom is 0.340 e. The van der Waals surface area contributed by atoms with E-state index in [0.717, 1.165) is 36.8 Å². The summed E-state index contributed by atoms with van der Waals surface area (Å²) in [5.74, 6) is 0.255. The largest absolute Gasteiger partial charge is 0.432 e. The second-order valence-corrected chi connectivity index (χ2v) is 5.94. The Morgan fingerprint density at radius 3 is 2.36 bits per heavy atom. The zero-order chi connectivity index (χ0) is 18.1. The highest BCUT2D eigenvalue weighted by Crippen LogP contribution is 2.16. The fourth-order valence-corrected chi connectivity index (χ4v) is 2.32. The quantitative estimate of drug-likeness (QED) is 0.383. The zero-order valence-electron chi connectivity index (χ0n) is 15.2. The van der Waals surface area contributed by atoms with Gasteiger partial charge in [0.25, 0.3) is 0 Å². The van der Waals surface area contributed by atoms with E-state index in [-0.39, 0.29) is 0 Å². The van der Waals surface area contributed by atoms with Gasteiger partial charge in [-0.25, -0.2) is 14.8 Å². The molecule has 0 fully saturated rings. The van der Waals surface area contributed by atoms with Crippen LogP contribution in [0.15, 0.2) is 36.7 Å². The molecule has 5 nitrogen and oxygen atoms in total. The van der Waals surface area contributed by atoms with Crippen LogP contribution in [0.5, 0.6) is 0 Å². The van der Waals surface area contributed by atoms with Crippen LogP contribution in [0.3, 0.4) is 0 Å². The van der Waals surface area contributed by atoms with Crippen molar-refractivity contribution in [3.8, 4) is 11.4 Å². The van der Waals surface area contributed by atoms with Crippen LogP contribution in [-0.4, -0.2) is 28.8 Å². The molecule has 2 rings (SSSR count). The molecule has 2 aromatic rings. The van der Waals surface area contributed by atoms with Gasteiger partial charge in [-0.15, -0.1) is 0 Å². The molecule has 0 N–H and O–H groups in total. The highest BCUT2D eigenvalue weighted by molar-refractivity contribution is 5.90. The molecule has 1 heterocycles. The Morgan fingerprint density at radius 1 is 1.08 bits per heavy atom. The molecule has 0 spiro atoms. The number of benzene rings is 1. The number of unbranched alkanes of at least 4 members (excludes halogenated alkanes) is 1.